The molecule has 0 radical (unpaired) electrons. The van der Waals surface area contributed by atoms with E-state index in [1.807, 2.05) is 9.80 Å². The number of aromatic nitrogens is 3. The van der Waals surface area contributed by atoms with Gasteiger partial charge in [-0.1, -0.05) is 36.9 Å². The third-order valence-electron chi connectivity index (χ3n) is 6.63. The fourth-order valence-electron chi connectivity index (χ4n) is 4.77. The monoisotopic (exact) mass is 485 g/mol. The highest BCUT2D eigenvalue weighted by Gasteiger charge is 2.32. The molecule has 1 unspecified atom stereocenters. The van der Waals surface area contributed by atoms with Gasteiger partial charge in [-0.15, -0.1) is 16.8 Å². The van der Waals surface area contributed by atoms with Crippen molar-refractivity contribution in [2.75, 3.05) is 31.9 Å². The molecule has 34 heavy (non-hydrogen) atoms. The van der Waals surface area contributed by atoms with Gasteiger partial charge in [0, 0.05) is 38.6 Å². The molecule has 1 atom stereocenters. The maximum atomic E-state index is 14.3. The molecule has 2 aliphatic heterocycles. The third kappa shape index (κ3) is 5.51. The van der Waals surface area contributed by atoms with E-state index in [1.165, 1.54) is 24.2 Å². The summed E-state index contributed by atoms with van der Waals surface area (Å²) in [6, 6.07) is 6.43. The van der Waals surface area contributed by atoms with Crippen molar-refractivity contribution in [1.82, 2.24) is 24.6 Å². The van der Waals surface area contributed by atoms with Crippen molar-refractivity contribution in [3.05, 3.63) is 42.7 Å². The number of thioether (sulfide) groups is 1. The lowest BCUT2D eigenvalue weighted by Gasteiger charge is -2.37. The van der Waals surface area contributed by atoms with Gasteiger partial charge in [0.05, 0.1) is 11.3 Å². The minimum Gasteiger partial charge on any atom is -0.342 e. The van der Waals surface area contributed by atoms with E-state index in [9.17, 15) is 14.0 Å². The second kappa shape index (κ2) is 11.2. The fraction of sp³-hybridized carbons (Fsp3) is 0.520. The average Bonchev–Trinajstić information content (AvgIpc) is 3.25. The van der Waals surface area contributed by atoms with E-state index in [0.29, 0.717) is 54.9 Å². The Balaban J connectivity index is 1.33. The van der Waals surface area contributed by atoms with E-state index in [4.69, 9.17) is 0 Å². The number of amides is 2. The highest BCUT2D eigenvalue weighted by Crippen LogP contribution is 2.27. The summed E-state index contributed by atoms with van der Waals surface area (Å²) in [6.45, 7) is 9.30. The topological polar surface area (TPSA) is 71.3 Å². The molecule has 2 saturated heterocycles. The Morgan fingerprint density at radius 2 is 1.91 bits per heavy atom. The minimum atomic E-state index is -0.371. The molecule has 1 aromatic carbocycles. The summed E-state index contributed by atoms with van der Waals surface area (Å²) in [5.74, 6) is 1.12. The maximum absolute atomic E-state index is 14.3. The van der Waals surface area contributed by atoms with E-state index < -0.39 is 0 Å². The lowest BCUT2D eigenvalue weighted by atomic mass is 9.93. The Bertz CT molecular complexity index is 1030. The molecule has 2 aromatic rings. The summed E-state index contributed by atoms with van der Waals surface area (Å²) in [6.07, 6.45) is 5.39. The predicted octanol–water partition coefficient (Wildman–Crippen LogP) is 3.86. The molecule has 4 rings (SSSR count). The molecular weight excluding hydrogens is 453 g/mol. The van der Waals surface area contributed by atoms with E-state index in [1.54, 1.807) is 28.8 Å². The standard InChI is InChI=1S/C25H32FN5O2S/c1-3-12-31-23(20-8-4-5-9-21(20)26)27-28-25(31)34-17-22(32)29-14-10-19(11-15-29)24(33)30-13-6-7-18(2)16-30/h3-5,8-9,18-19H,1,6-7,10-17H2,2H3. The van der Waals surface area contributed by atoms with Crippen molar-refractivity contribution in [2.24, 2.45) is 11.8 Å². The normalized spacial score (nSPS) is 19.3. The molecule has 7 nitrogen and oxygen atoms in total. The van der Waals surface area contributed by atoms with Crippen LogP contribution in [-0.2, 0) is 16.1 Å². The highest BCUT2D eigenvalue weighted by molar-refractivity contribution is 7.99. The van der Waals surface area contributed by atoms with Gasteiger partial charge in [0.15, 0.2) is 11.0 Å². The Morgan fingerprint density at radius 3 is 2.62 bits per heavy atom. The van der Waals surface area contributed by atoms with Crippen LogP contribution in [0.4, 0.5) is 4.39 Å². The Morgan fingerprint density at radius 1 is 1.15 bits per heavy atom. The van der Waals surface area contributed by atoms with Crippen LogP contribution >= 0.6 is 11.8 Å². The van der Waals surface area contributed by atoms with Crippen molar-refractivity contribution < 1.29 is 14.0 Å². The van der Waals surface area contributed by atoms with E-state index in [0.717, 1.165) is 19.5 Å². The molecule has 9 heteroatoms. The number of nitrogens with zero attached hydrogens (tertiary/aromatic N) is 5. The van der Waals surface area contributed by atoms with E-state index in [2.05, 4.69) is 23.7 Å². The number of hydrogen-bond acceptors (Lipinski definition) is 5. The number of likely N-dealkylation sites (tertiary alicyclic amines) is 2. The van der Waals surface area contributed by atoms with Crippen LogP contribution < -0.4 is 0 Å². The summed E-state index contributed by atoms with van der Waals surface area (Å²) in [5, 5.41) is 8.93. The number of rotatable bonds is 7. The molecule has 0 aliphatic carbocycles. The molecular formula is C25H32FN5O2S. The first kappa shape index (κ1) is 24.4. The van der Waals surface area contributed by atoms with Gasteiger partial charge in [-0.05, 0) is 43.7 Å². The average molecular weight is 486 g/mol. The molecule has 0 bridgehead atoms. The molecule has 0 spiro atoms. The van der Waals surface area contributed by atoms with Gasteiger partial charge in [-0.2, -0.15) is 0 Å². The largest absolute Gasteiger partial charge is 0.342 e. The lowest BCUT2D eigenvalue weighted by molar-refractivity contribution is -0.141. The summed E-state index contributed by atoms with van der Waals surface area (Å²) >= 11 is 1.29. The quantitative estimate of drug-likeness (QED) is 0.440. The van der Waals surface area contributed by atoms with Gasteiger partial charge in [-0.25, -0.2) is 4.39 Å². The van der Waals surface area contributed by atoms with Gasteiger partial charge in [-0.3, -0.25) is 14.2 Å². The second-order valence-corrected chi connectivity index (χ2v) is 10.1. The maximum Gasteiger partial charge on any atom is 0.233 e. The summed E-state index contributed by atoms with van der Waals surface area (Å²) in [4.78, 5) is 29.6. The first-order valence-electron chi connectivity index (χ1n) is 12.0. The van der Waals surface area contributed by atoms with Crippen molar-refractivity contribution in [1.29, 1.82) is 0 Å². The van der Waals surface area contributed by atoms with Gasteiger partial charge in [0.2, 0.25) is 11.8 Å². The number of benzene rings is 1. The minimum absolute atomic E-state index is 0.0148. The van der Waals surface area contributed by atoms with Crippen molar-refractivity contribution in [3.8, 4) is 11.4 Å². The van der Waals surface area contributed by atoms with Gasteiger partial charge in [0.25, 0.3) is 0 Å². The molecule has 2 aliphatic rings. The van der Waals surface area contributed by atoms with Crippen molar-refractivity contribution in [2.45, 2.75) is 44.3 Å². The van der Waals surface area contributed by atoms with Crippen molar-refractivity contribution in [3.63, 3.8) is 0 Å². The zero-order valence-corrected chi connectivity index (χ0v) is 20.5. The second-order valence-electron chi connectivity index (χ2n) is 9.16. The first-order valence-corrected chi connectivity index (χ1v) is 12.9. The number of carbonyl (C=O) groups excluding carboxylic acids is 2. The Hall–Kier alpha value is -2.68. The van der Waals surface area contributed by atoms with Crippen LogP contribution in [0.3, 0.4) is 0 Å². The summed E-state index contributed by atoms with van der Waals surface area (Å²) in [5.41, 5.74) is 0.366. The van der Waals surface area contributed by atoms with Crippen LogP contribution in [0.5, 0.6) is 0 Å². The van der Waals surface area contributed by atoms with E-state index >= 15 is 0 Å². The smallest absolute Gasteiger partial charge is 0.233 e. The van der Waals surface area contributed by atoms with Crippen LogP contribution in [0.1, 0.15) is 32.6 Å². The highest BCUT2D eigenvalue weighted by atomic mass is 32.2. The number of piperidine rings is 2. The van der Waals surface area contributed by atoms with Gasteiger partial charge < -0.3 is 9.80 Å². The molecule has 182 valence electrons. The zero-order valence-electron chi connectivity index (χ0n) is 19.7. The first-order chi connectivity index (χ1) is 16.5. The Labute approximate surface area is 204 Å². The third-order valence-corrected chi connectivity index (χ3v) is 7.59. The number of carbonyl (C=O) groups is 2. The summed E-state index contributed by atoms with van der Waals surface area (Å²) in [7, 11) is 0. The van der Waals surface area contributed by atoms with Crippen LogP contribution in [0, 0.1) is 17.7 Å². The van der Waals surface area contributed by atoms with Gasteiger partial charge >= 0.3 is 0 Å². The van der Waals surface area contributed by atoms with Crippen LogP contribution in [0.15, 0.2) is 42.1 Å². The number of halogens is 1. The zero-order chi connectivity index (χ0) is 24.1. The van der Waals surface area contributed by atoms with Gasteiger partial charge in [0.1, 0.15) is 5.82 Å². The molecule has 2 amide bonds. The predicted molar refractivity (Wildman–Crippen MR) is 131 cm³/mol. The molecule has 0 saturated carbocycles. The lowest BCUT2D eigenvalue weighted by Crippen LogP contribution is -2.47. The van der Waals surface area contributed by atoms with E-state index in [-0.39, 0.29) is 29.3 Å². The summed E-state index contributed by atoms with van der Waals surface area (Å²) < 4.78 is 16.1. The van der Waals surface area contributed by atoms with Crippen LogP contribution in [-0.4, -0.2) is 68.3 Å². The van der Waals surface area contributed by atoms with Crippen molar-refractivity contribution >= 4 is 23.6 Å². The molecule has 1 aromatic heterocycles. The number of hydrogen-bond donors (Lipinski definition) is 0. The SMILES string of the molecule is C=CCn1c(SCC(=O)N2CCC(C(=O)N3CCCC(C)C3)CC2)nnc1-c1ccccc1F. The fourth-order valence-corrected chi connectivity index (χ4v) is 5.62. The molecule has 2 fully saturated rings. The van der Waals surface area contributed by atoms with Crippen LogP contribution in [0.2, 0.25) is 0 Å². The molecule has 0 N–H and O–H groups in total. The Kier molecular flexibility index (Phi) is 8.03. The number of allylic oxidation sites excluding steroid dienone is 1. The molecule has 3 heterocycles. The van der Waals surface area contributed by atoms with Crippen LogP contribution in [0.25, 0.3) is 11.4 Å².